The highest BCUT2D eigenvalue weighted by atomic mass is 32.1. The second kappa shape index (κ2) is 12.3. The van der Waals surface area contributed by atoms with Crippen LogP contribution in [-0.2, 0) is 5.41 Å². The molecule has 9 aromatic carbocycles. The predicted molar refractivity (Wildman–Crippen MR) is 237 cm³/mol. The summed E-state index contributed by atoms with van der Waals surface area (Å²) < 4.78 is 2.66. The maximum Gasteiger partial charge on any atom is 0.0549 e. The molecule has 0 saturated carbocycles. The van der Waals surface area contributed by atoms with Gasteiger partial charge < -0.3 is 4.90 Å². The molecule has 0 saturated heterocycles. The van der Waals surface area contributed by atoms with Crippen LogP contribution in [0.15, 0.2) is 188 Å². The molecule has 0 fully saturated rings. The molecule has 0 unspecified atom stereocenters. The van der Waals surface area contributed by atoms with Crippen molar-refractivity contribution in [3.63, 3.8) is 0 Å². The van der Waals surface area contributed by atoms with Crippen LogP contribution in [0.5, 0.6) is 0 Å². The largest absolute Gasteiger partial charge is 0.310 e. The topological polar surface area (TPSA) is 3.24 Å². The van der Waals surface area contributed by atoms with Gasteiger partial charge in [-0.05, 0) is 103 Å². The van der Waals surface area contributed by atoms with Gasteiger partial charge in [0.05, 0.1) is 5.69 Å². The minimum Gasteiger partial charge on any atom is -0.310 e. The van der Waals surface area contributed by atoms with Crippen molar-refractivity contribution >= 4 is 70.1 Å². The lowest BCUT2D eigenvalue weighted by atomic mass is 9.80. The summed E-state index contributed by atoms with van der Waals surface area (Å²) in [6, 6.07) is 69.6. The Morgan fingerprint density at radius 2 is 1.04 bits per heavy atom. The van der Waals surface area contributed by atoms with Gasteiger partial charge in [-0.25, -0.2) is 0 Å². The van der Waals surface area contributed by atoms with Crippen LogP contribution in [0.3, 0.4) is 0 Å². The first-order chi connectivity index (χ1) is 27.0. The van der Waals surface area contributed by atoms with Gasteiger partial charge in [-0.1, -0.05) is 159 Å². The fourth-order valence-electron chi connectivity index (χ4n) is 9.18. The van der Waals surface area contributed by atoms with E-state index in [1.54, 1.807) is 0 Å². The molecule has 0 atom stereocenters. The fraction of sp³-hybridized carbons (Fsp3) is 0.0566. The van der Waals surface area contributed by atoms with Crippen molar-refractivity contribution in [2.75, 3.05) is 4.90 Å². The third kappa shape index (κ3) is 4.99. The van der Waals surface area contributed by atoms with Crippen molar-refractivity contribution in [1.82, 2.24) is 0 Å². The van der Waals surface area contributed by atoms with E-state index in [0.717, 1.165) is 11.4 Å². The average molecular weight is 720 g/mol. The third-order valence-electron chi connectivity index (χ3n) is 11.8. The second-order valence-electron chi connectivity index (χ2n) is 15.3. The summed E-state index contributed by atoms with van der Waals surface area (Å²) in [5.74, 6) is 0. The molecule has 1 heterocycles. The molecule has 10 aromatic rings. The first kappa shape index (κ1) is 32.0. The van der Waals surface area contributed by atoms with Crippen LogP contribution in [0, 0.1) is 0 Å². The quantitative estimate of drug-likeness (QED) is 0.171. The second-order valence-corrected chi connectivity index (χ2v) is 16.4. The molecule has 0 amide bonds. The lowest BCUT2D eigenvalue weighted by Crippen LogP contribution is -2.16. The molecule has 0 radical (unpaired) electrons. The molecule has 1 aliphatic rings. The van der Waals surface area contributed by atoms with Crippen LogP contribution in [0.1, 0.15) is 25.0 Å². The predicted octanol–water partition coefficient (Wildman–Crippen LogP) is 15.5. The van der Waals surface area contributed by atoms with E-state index in [1.165, 1.54) is 91.9 Å². The van der Waals surface area contributed by atoms with Crippen molar-refractivity contribution in [2.45, 2.75) is 19.3 Å². The third-order valence-corrected chi connectivity index (χ3v) is 13.0. The Balaban J connectivity index is 1.11. The Labute approximate surface area is 325 Å². The molecular formula is C53H37NS. The Hall–Kier alpha value is -6.48. The summed E-state index contributed by atoms with van der Waals surface area (Å²) >= 11 is 1.88. The first-order valence-corrected chi connectivity index (χ1v) is 19.9. The molecule has 0 N–H and O–H groups in total. The van der Waals surface area contributed by atoms with Gasteiger partial charge in [0.25, 0.3) is 0 Å². The summed E-state index contributed by atoms with van der Waals surface area (Å²) in [4.78, 5) is 2.48. The van der Waals surface area contributed by atoms with E-state index in [9.17, 15) is 0 Å². The van der Waals surface area contributed by atoms with E-state index >= 15 is 0 Å². The zero-order valence-corrected chi connectivity index (χ0v) is 31.6. The van der Waals surface area contributed by atoms with Crippen LogP contribution < -0.4 is 4.90 Å². The van der Waals surface area contributed by atoms with Crippen LogP contribution in [0.25, 0.3) is 75.1 Å². The number of nitrogens with zero attached hydrogens (tertiary/aromatic N) is 1. The Bertz CT molecular complexity index is 3110. The number of thiophene rings is 1. The van der Waals surface area contributed by atoms with Crippen molar-refractivity contribution in [2.24, 2.45) is 0 Å². The minimum absolute atomic E-state index is 0.153. The summed E-state index contributed by atoms with van der Waals surface area (Å²) in [7, 11) is 0. The standard InChI is InChI=1S/C53H37NS/c1-53(2)47-20-9-7-17-46(47)50-48(33-39-14-5-6-15-42(39)51(50)53)54(40-28-24-35(25-29-40)38-23-22-34-12-3-4-13-37(34)32-38)41-30-26-36(27-31-41)43-18-11-19-45-44-16-8-10-21-49(44)55-52(43)45/h3-33H,1-2H3. The van der Waals surface area contributed by atoms with Gasteiger partial charge >= 0.3 is 0 Å². The number of fused-ring (bicyclic) bond motifs is 9. The minimum atomic E-state index is -0.153. The number of rotatable bonds is 5. The number of hydrogen-bond donors (Lipinski definition) is 0. The molecule has 11 rings (SSSR count). The maximum absolute atomic E-state index is 2.48. The highest BCUT2D eigenvalue weighted by Crippen LogP contribution is 2.57. The van der Waals surface area contributed by atoms with E-state index in [4.69, 9.17) is 0 Å². The highest BCUT2D eigenvalue weighted by molar-refractivity contribution is 7.26. The lowest BCUT2D eigenvalue weighted by Gasteiger charge is -2.30. The smallest absolute Gasteiger partial charge is 0.0549 e. The van der Waals surface area contributed by atoms with Gasteiger partial charge in [0.1, 0.15) is 0 Å². The number of benzene rings is 9. The summed E-state index contributed by atoms with van der Waals surface area (Å²) in [5, 5.41) is 7.74. The summed E-state index contributed by atoms with van der Waals surface area (Å²) in [6.07, 6.45) is 0. The average Bonchev–Trinajstić information content (AvgIpc) is 3.74. The normalized spacial score (nSPS) is 13.1. The fourth-order valence-corrected chi connectivity index (χ4v) is 10.4. The molecule has 1 aliphatic carbocycles. The zero-order chi connectivity index (χ0) is 36.7. The van der Waals surface area contributed by atoms with Crippen molar-refractivity contribution < 1.29 is 0 Å². The molecule has 0 bridgehead atoms. The lowest BCUT2D eigenvalue weighted by molar-refractivity contribution is 0.666. The van der Waals surface area contributed by atoms with Gasteiger partial charge in [0.2, 0.25) is 0 Å². The van der Waals surface area contributed by atoms with Crippen LogP contribution in [0.4, 0.5) is 17.1 Å². The number of hydrogen-bond acceptors (Lipinski definition) is 2. The van der Waals surface area contributed by atoms with E-state index < -0.39 is 0 Å². The summed E-state index contributed by atoms with van der Waals surface area (Å²) in [5.41, 5.74) is 13.6. The Kier molecular flexibility index (Phi) is 7.14. The monoisotopic (exact) mass is 719 g/mol. The van der Waals surface area contributed by atoms with E-state index in [2.05, 4.69) is 207 Å². The van der Waals surface area contributed by atoms with Gasteiger partial charge in [-0.15, -0.1) is 11.3 Å². The van der Waals surface area contributed by atoms with Crippen LogP contribution in [-0.4, -0.2) is 0 Å². The first-order valence-electron chi connectivity index (χ1n) is 19.1. The van der Waals surface area contributed by atoms with Gasteiger partial charge in [0, 0.05) is 42.5 Å². The summed E-state index contributed by atoms with van der Waals surface area (Å²) in [6.45, 7) is 4.78. The van der Waals surface area contributed by atoms with Gasteiger partial charge in [0.15, 0.2) is 0 Å². The van der Waals surface area contributed by atoms with Crippen molar-refractivity contribution in [3.8, 4) is 33.4 Å². The molecule has 55 heavy (non-hydrogen) atoms. The molecule has 2 heteroatoms. The number of anilines is 3. The highest BCUT2D eigenvalue weighted by Gasteiger charge is 2.39. The van der Waals surface area contributed by atoms with Crippen molar-refractivity contribution in [1.29, 1.82) is 0 Å². The zero-order valence-electron chi connectivity index (χ0n) is 30.8. The van der Waals surface area contributed by atoms with Gasteiger partial charge in [-0.3, -0.25) is 0 Å². The van der Waals surface area contributed by atoms with E-state index in [-0.39, 0.29) is 5.41 Å². The molecule has 1 aromatic heterocycles. The Morgan fingerprint density at radius 3 is 1.84 bits per heavy atom. The van der Waals surface area contributed by atoms with Gasteiger partial charge in [-0.2, -0.15) is 0 Å². The van der Waals surface area contributed by atoms with Crippen LogP contribution >= 0.6 is 11.3 Å². The van der Waals surface area contributed by atoms with E-state index in [1.807, 2.05) is 11.3 Å². The molecule has 1 nitrogen and oxygen atoms in total. The molecule has 0 aliphatic heterocycles. The maximum atomic E-state index is 2.48. The van der Waals surface area contributed by atoms with Crippen molar-refractivity contribution in [3.05, 3.63) is 199 Å². The SMILES string of the molecule is CC1(C)c2ccccc2-c2c(N(c3ccc(-c4ccc5ccccc5c4)cc3)c3ccc(-c4cccc5c4sc4ccccc45)cc3)cc3ccccc3c21. The molecule has 260 valence electrons. The Morgan fingerprint density at radius 1 is 0.436 bits per heavy atom. The molecule has 0 spiro atoms. The van der Waals surface area contributed by atoms with Crippen LogP contribution in [0.2, 0.25) is 0 Å². The molecular weight excluding hydrogens is 683 g/mol. The van der Waals surface area contributed by atoms with E-state index in [0.29, 0.717) is 0 Å².